The van der Waals surface area contributed by atoms with E-state index in [9.17, 15) is 4.79 Å². The minimum absolute atomic E-state index is 0.0571. The fraction of sp³-hybridized carbons (Fsp3) is 0.318. The maximum Gasteiger partial charge on any atom is 0.234 e. The molecule has 0 aliphatic rings. The highest BCUT2D eigenvalue weighted by molar-refractivity contribution is 7.99. The van der Waals surface area contributed by atoms with Crippen LogP contribution in [0.4, 0.5) is 5.69 Å². The van der Waals surface area contributed by atoms with Crippen LogP contribution in [0.15, 0.2) is 53.7 Å². The first kappa shape index (κ1) is 21.1. The Morgan fingerprint density at radius 3 is 2.48 bits per heavy atom. The van der Waals surface area contributed by atoms with Crippen LogP contribution < -0.4 is 5.32 Å². The van der Waals surface area contributed by atoms with Gasteiger partial charge in [0.05, 0.1) is 12.4 Å². The summed E-state index contributed by atoms with van der Waals surface area (Å²) in [6.45, 7) is 5.19. The third-order valence-electron chi connectivity index (χ3n) is 4.60. The molecule has 7 heteroatoms. The van der Waals surface area contributed by atoms with Crippen LogP contribution in [0.25, 0.3) is 0 Å². The number of benzene rings is 2. The van der Waals surface area contributed by atoms with E-state index in [0.717, 1.165) is 27.8 Å². The van der Waals surface area contributed by atoms with E-state index in [-0.39, 0.29) is 11.7 Å². The van der Waals surface area contributed by atoms with Crippen molar-refractivity contribution in [2.45, 2.75) is 32.0 Å². The molecule has 0 fully saturated rings. The molecular formula is C22H26N4O2S. The zero-order valence-corrected chi connectivity index (χ0v) is 17.8. The van der Waals surface area contributed by atoms with Gasteiger partial charge in [0.25, 0.3) is 0 Å². The lowest BCUT2D eigenvalue weighted by Crippen LogP contribution is -2.17. The zero-order chi connectivity index (χ0) is 20.6. The number of hydrogen-bond donors (Lipinski definition) is 1. The predicted molar refractivity (Wildman–Crippen MR) is 116 cm³/mol. The van der Waals surface area contributed by atoms with E-state index in [1.165, 1.54) is 17.3 Å². The predicted octanol–water partition coefficient (Wildman–Crippen LogP) is 3.86. The van der Waals surface area contributed by atoms with Crippen molar-refractivity contribution in [2.75, 3.05) is 24.8 Å². The van der Waals surface area contributed by atoms with Crippen LogP contribution in [0, 0.1) is 13.8 Å². The van der Waals surface area contributed by atoms with Gasteiger partial charge in [0, 0.05) is 25.8 Å². The third-order valence-corrected chi connectivity index (χ3v) is 5.56. The van der Waals surface area contributed by atoms with Gasteiger partial charge in [0.1, 0.15) is 5.82 Å². The van der Waals surface area contributed by atoms with Gasteiger partial charge in [-0.1, -0.05) is 60.3 Å². The van der Waals surface area contributed by atoms with Gasteiger partial charge in [0.15, 0.2) is 5.16 Å². The number of carbonyl (C=O) groups excluding carboxylic acids is 1. The van der Waals surface area contributed by atoms with E-state index in [1.807, 2.05) is 54.8 Å². The SMILES string of the molecule is COCCn1c(Cc2ccccc2)nnc1SCC(=O)Nc1c(C)cccc1C. The monoisotopic (exact) mass is 410 g/mol. The summed E-state index contributed by atoms with van der Waals surface area (Å²) in [7, 11) is 1.67. The number of thioether (sulfide) groups is 1. The molecule has 3 aromatic rings. The summed E-state index contributed by atoms with van der Waals surface area (Å²) in [6.07, 6.45) is 0.687. The molecule has 0 aliphatic carbocycles. The zero-order valence-electron chi connectivity index (χ0n) is 17.0. The normalized spacial score (nSPS) is 10.9. The highest BCUT2D eigenvalue weighted by atomic mass is 32.2. The smallest absolute Gasteiger partial charge is 0.234 e. The average Bonchev–Trinajstić information content (AvgIpc) is 3.10. The molecule has 1 N–H and O–H groups in total. The number of aryl methyl sites for hydroxylation is 2. The van der Waals surface area contributed by atoms with Gasteiger partial charge >= 0.3 is 0 Å². The maximum absolute atomic E-state index is 12.5. The molecule has 0 aliphatic heterocycles. The lowest BCUT2D eigenvalue weighted by atomic mass is 10.1. The van der Waals surface area contributed by atoms with Crippen molar-refractivity contribution >= 4 is 23.4 Å². The van der Waals surface area contributed by atoms with E-state index in [4.69, 9.17) is 4.74 Å². The molecule has 0 spiro atoms. The van der Waals surface area contributed by atoms with E-state index in [1.54, 1.807) is 7.11 Å². The average molecular weight is 411 g/mol. The second-order valence-electron chi connectivity index (χ2n) is 6.81. The minimum Gasteiger partial charge on any atom is -0.383 e. The summed E-state index contributed by atoms with van der Waals surface area (Å²) in [6, 6.07) is 16.1. The molecule has 0 bridgehead atoms. The van der Waals surface area contributed by atoms with Crippen LogP contribution in [0.2, 0.25) is 0 Å². The summed E-state index contributed by atoms with van der Waals surface area (Å²) in [5, 5.41) is 12.4. The highest BCUT2D eigenvalue weighted by Crippen LogP contribution is 2.22. The van der Waals surface area contributed by atoms with Crippen LogP contribution in [-0.4, -0.2) is 40.1 Å². The topological polar surface area (TPSA) is 69.0 Å². The highest BCUT2D eigenvalue weighted by Gasteiger charge is 2.15. The molecule has 1 heterocycles. The molecule has 0 unspecified atom stereocenters. The fourth-order valence-corrected chi connectivity index (χ4v) is 3.84. The number of ether oxygens (including phenoxy) is 1. The number of amides is 1. The second kappa shape index (κ2) is 10.2. The molecule has 2 aromatic carbocycles. The quantitative estimate of drug-likeness (QED) is 0.543. The molecule has 0 saturated carbocycles. The molecule has 3 rings (SSSR count). The van der Waals surface area contributed by atoms with Gasteiger partial charge in [-0.25, -0.2) is 0 Å². The Morgan fingerprint density at radius 1 is 1.07 bits per heavy atom. The molecule has 152 valence electrons. The number of methoxy groups -OCH3 is 1. The summed E-state index contributed by atoms with van der Waals surface area (Å²) in [5.74, 6) is 1.08. The Labute approximate surface area is 175 Å². The van der Waals surface area contributed by atoms with E-state index >= 15 is 0 Å². The standard InChI is InChI=1S/C22H26N4O2S/c1-16-8-7-9-17(2)21(16)23-20(27)15-29-22-25-24-19(26(22)12-13-28-3)14-18-10-5-4-6-11-18/h4-11H,12-15H2,1-3H3,(H,23,27). The summed E-state index contributed by atoms with van der Waals surface area (Å²) in [5.41, 5.74) is 4.15. The third kappa shape index (κ3) is 5.68. The summed E-state index contributed by atoms with van der Waals surface area (Å²) < 4.78 is 7.28. The van der Waals surface area contributed by atoms with Crippen molar-refractivity contribution in [3.05, 3.63) is 71.0 Å². The number of aromatic nitrogens is 3. The number of nitrogens with zero attached hydrogens (tertiary/aromatic N) is 3. The van der Waals surface area contributed by atoms with Crippen LogP contribution in [0.1, 0.15) is 22.5 Å². The second-order valence-corrected chi connectivity index (χ2v) is 7.75. The van der Waals surface area contributed by atoms with Crippen molar-refractivity contribution in [3.63, 3.8) is 0 Å². The Balaban J connectivity index is 1.68. The van der Waals surface area contributed by atoms with Crippen molar-refractivity contribution in [1.82, 2.24) is 14.8 Å². The van der Waals surface area contributed by atoms with Crippen LogP contribution in [-0.2, 0) is 22.5 Å². The lowest BCUT2D eigenvalue weighted by molar-refractivity contribution is -0.113. The number of para-hydroxylation sites is 1. The summed E-state index contributed by atoms with van der Waals surface area (Å²) >= 11 is 1.39. The first-order valence-corrected chi connectivity index (χ1v) is 10.5. The van der Waals surface area contributed by atoms with Gasteiger partial charge in [-0.2, -0.15) is 0 Å². The fourth-order valence-electron chi connectivity index (χ4n) is 3.06. The lowest BCUT2D eigenvalue weighted by Gasteiger charge is -2.12. The Kier molecular flexibility index (Phi) is 7.43. The molecular weight excluding hydrogens is 384 g/mol. The van der Waals surface area contributed by atoms with Crippen molar-refractivity contribution in [3.8, 4) is 0 Å². The Hall–Kier alpha value is -2.64. The van der Waals surface area contributed by atoms with Crippen LogP contribution >= 0.6 is 11.8 Å². The summed E-state index contributed by atoms with van der Waals surface area (Å²) in [4.78, 5) is 12.5. The van der Waals surface area contributed by atoms with Gasteiger partial charge in [-0.3, -0.25) is 4.79 Å². The molecule has 1 aromatic heterocycles. The van der Waals surface area contributed by atoms with E-state index < -0.39 is 0 Å². The first-order chi connectivity index (χ1) is 14.1. The molecule has 0 saturated heterocycles. The number of hydrogen-bond acceptors (Lipinski definition) is 5. The molecule has 0 radical (unpaired) electrons. The number of carbonyl (C=O) groups is 1. The largest absolute Gasteiger partial charge is 0.383 e. The van der Waals surface area contributed by atoms with E-state index in [0.29, 0.717) is 19.6 Å². The molecule has 29 heavy (non-hydrogen) atoms. The van der Waals surface area contributed by atoms with E-state index in [2.05, 4.69) is 27.6 Å². The van der Waals surface area contributed by atoms with Crippen LogP contribution in [0.5, 0.6) is 0 Å². The van der Waals surface area contributed by atoms with Gasteiger partial charge in [0.2, 0.25) is 5.91 Å². The van der Waals surface area contributed by atoms with Crippen molar-refractivity contribution < 1.29 is 9.53 Å². The minimum atomic E-state index is -0.0571. The Morgan fingerprint density at radius 2 is 1.79 bits per heavy atom. The Bertz CT molecular complexity index is 936. The number of rotatable bonds is 9. The first-order valence-electron chi connectivity index (χ1n) is 9.52. The number of nitrogens with one attached hydrogen (secondary N) is 1. The molecule has 1 amide bonds. The van der Waals surface area contributed by atoms with Crippen LogP contribution in [0.3, 0.4) is 0 Å². The molecule has 0 atom stereocenters. The maximum atomic E-state index is 12.5. The van der Waals surface area contributed by atoms with Crippen molar-refractivity contribution in [1.29, 1.82) is 0 Å². The van der Waals surface area contributed by atoms with Gasteiger partial charge < -0.3 is 14.6 Å². The number of anilines is 1. The molecule has 6 nitrogen and oxygen atoms in total. The van der Waals surface area contributed by atoms with Gasteiger partial charge in [-0.15, -0.1) is 10.2 Å². The van der Waals surface area contributed by atoms with Crippen molar-refractivity contribution in [2.24, 2.45) is 0 Å². The van der Waals surface area contributed by atoms with Gasteiger partial charge in [-0.05, 0) is 30.5 Å².